The molecule has 5 nitrogen and oxygen atoms in total. The number of likely N-dealkylation sites (N-methyl/N-ethyl adjacent to an activating group) is 1. The van der Waals surface area contributed by atoms with E-state index in [9.17, 15) is 10.2 Å². The van der Waals surface area contributed by atoms with E-state index in [2.05, 4.69) is 31.2 Å². The molecule has 4 rings (SSSR count). The first kappa shape index (κ1) is 21.6. The molecule has 0 aromatic carbocycles. The average Bonchev–Trinajstić information content (AvgIpc) is 3.00. The van der Waals surface area contributed by atoms with Crippen molar-refractivity contribution in [2.24, 2.45) is 45.6 Å². The maximum absolute atomic E-state index is 11.4. The highest BCUT2D eigenvalue weighted by Crippen LogP contribution is 2.66. The van der Waals surface area contributed by atoms with Crippen LogP contribution in [-0.4, -0.2) is 48.3 Å². The molecule has 0 saturated heterocycles. The highest BCUT2D eigenvalue weighted by atomic mass is 16.6. The van der Waals surface area contributed by atoms with Crippen LogP contribution < -0.4 is 5.32 Å². The summed E-state index contributed by atoms with van der Waals surface area (Å²) in [6.45, 7) is 8.41. The second-order valence-electron chi connectivity index (χ2n) is 10.9. The topological polar surface area (TPSA) is 74.1 Å². The monoisotopic (exact) mass is 406 g/mol. The van der Waals surface area contributed by atoms with Crippen molar-refractivity contribution in [3.05, 3.63) is 0 Å². The lowest BCUT2D eigenvalue weighted by Gasteiger charge is -2.63. The summed E-state index contributed by atoms with van der Waals surface area (Å²) in [4.78, 5) is 5.60. The van der Waals surface area contributed by atoms with Gasteiger partial charge in [-0.15, -0.1) is 0 Å². The summed E-state index contributed by atoms with van der Waals surface area (Å²) < 4.78 is 0. The number of hydrogen-bond donors (Lipinski definition) is 3. The second kappa shape index (κ2) is 8.12. The van der Waals surface area contributed by atoms with E-state index in [-0.39, 0.29) is 29.0 Å². The molecule has 0 amide bonds. The van der Waals surface area contributed by atoms with Crippen LogP contribution >= 0.6 is 0 Å². The Morgan fingerprint density at radius 1 is 1.10 bits per heavy atom. The van der Waals surface area contributed by atoms with E-state index in [0.717, 1.165) is 51.5 Å². The van der Waals surface area contributed by atoms with Crippen LogP contribution in [0.2, 0.25) is 0 Å². The molecule has 0 aliphatic heterocycles. The van der Waals surface area contributed by atoms with Gasteiger partial charge in [0.2, 0.25) is 0 Å². The summed E-state index contributed by atoms with van der Waals surface area (Å²) in [6, 6.07) is 0. The van der Waals surface area contributed by atoms with Gasteiger partial charge in [-0.1, -0.05) is 25.9 Å². The maximum atomic E-state index is 11.4. The number of oxime groups is 1. The molecule has 0 bridgehead atoms. The Hall–Kier alpha value is -0.650. The highest BCUT2D eigenvalue weighted by Gasteiger charge is 2.63. The molecule has 29 heavy (non-hydrogen) atoms. The van der Waals surface area contributed by atoms with Crippen molar-refractivity contribution in [1.29, 1.82) is 0 Å². The molecule has 4 aliphatic carbocycles. The molecule has 9 atom stereocenters. The van der Waals surface area contributed by atoms with Gasteiger partial charge in [0, 0.05) is 12.5 Å². The van der Waals surface area contributed by atoms with Crippen molar-refractivity contribution in [2.75, 3.05) is 20.2 Å². The Morgan fingerprint density at radius 2 is 1.86 bits per heavy atom. The molecule has 0 aromatic heterocycles. The van der Waals surface area contributed by atoms with Crippen molar-refractivity contribution >= 4 is 5.71 Å². The summed E-state index contributed by atoms with van der Waals surface area (Å²) in [5, 5.41) is 29.7. The first-order valence-corrected chi connectivity index (χ1v) is 12.1. The van der Waals surface area contributed by atoms with Crippen LogP contribution in [0.3, 0.4) is 0 Å². The first-order chi connectivity index (χ1) is 13.9. The number of aliphatic hydroxyl groups is 2. The fraction of sp³-hybridized carbons (Fsp3) is 0.958. The summed E-state index contributed by atoms with van der Waals surface area (Å²) in [5.74, 6) is 2.40. The molecular formula is C24H42N2O3. The van der Waals surface area contributed by atoms with E-state index >= 15 is 0 Å². The van der Waals surface area contributed by atoms with Gasteiger partial charge in [-0.2, -0.15) is 0 Å². The van der Waals surface area contributed by atoms with Gasteiger partial charge >= 0.3 is 0 Å². The predicted molar refractivity (Wildman–Crippen MR) is 116 cm³/mol. The normalized spacial score (nSPS) is 50.7. The lowest BCUT2D eigenvalue weighted by molar-refractivity contribution is -0.164. The molecule has 0 heterocycles. The van der Waals surface area contributed by atoms with Crippen LogP contribution in [-0.2, 0) is 4.84 Å². The number of nitrogens with zero attached hydrogens (tertiary/aromatic N) is 1. The Bertz CT molecular complexity index is 625. The zero-order valence-electron chi connectivity index (χ0n) is 18.9. The third-order valence-electron chi connectivity index (χ3n) is 9.77. The number of aliphatic hydroxyl groups excluding tert-OH is 2. The van der Waals surface area contributed by atoms with Gasteiger partial charge in [-0.25, -0.2) is 0 Å². The SMILES string of the molecule is CC[C@H]1/C(=N/OCCNC)CC[C@@]2(C)C1[C@H](O)C[C@H]1[C@@H]3CC[C@H](O)[C@@]3(C)CC[C@@H]12. The highest BCUT2D eigenvalue weighted by molar-refractivity contribution is 5.87. The van der Waals surface area contributed by atoms with E-state index in [1.165, 1.54) is 12.1 Å². The zero-order valence-corrected chi connectivity index (χ0v) is 18.9. The molecule has 166 valence electrons. The number of hydrogen-bond acceptors (Lipinski definition) is 5. The van der Waals surface area contributed by atoms with Gasteiger partial charge in [0.25, 0.3) is 0 Å². The smallest absolute Gasteiger partial charge is 0.129 e. The molecule has 0 radical (unpaired) electrons. The van der Waals surface area contributed by atoms with Crippen molar-refractivity contribution in [2.45, 2.75) is 84.3 Å². The molecule has 3 N–H and O–H groups in total. The van der Waals surface area contributed by atoms with Crippen LogP contribution in [0.4, 0.5) is 0 Å². The van der Waals surface area contributed by atoms with E-state index < -0.39 is 0 Å². The summed E-state index contributed by atoms with van der Waals surface area (Å²) >= 11 is 0. The summed E-state index contributed by atoms with van der Waals surface area (Å²) in [5.41, 5.74) is 1.40. The van der Waals surface area contributed by atoms with E-state index in [1.807, 2.05) is 7.05 Å². The molecule has 0 aromatic rings. The molecule has 4 fully saturated rings. The minimum atomic E-state index is -0.269. The van der Waals surface area contributed by atoms with E-state index in [0.29, 0.717) is 30.3 Å². The van der Waals surface area contributed by atoms with Crippen LogP contribution in [0.5, 0.6) is 0 Å². The van der Waals surface area contributed by atoms with Crippen molar-refractivity contribution in [1.82, 2.24) is 5.32 Å². The summed E-state index contributed by atoms with van der Waals surface area (Å²) in [7, 11) is 1.92. The summed E-state index contributed by atoms with van der Waals surface area (Å²) in [6.07, 6.45) is 8.02. The fourth-order valence-electron chi connectivity index (χ4n) is 8.27. The molecular weight excluding hydrogens is 364 g/mol. The number of nitrogens with one attached hydrogen (secondary N) is 1. The Morgan fingerprint density at radius 3 is 2.59 bits per heavy atom. The maximum Gasteiger partial charge on any atom is 0.129 e. The van der Waals surface area contributed by atoms with Gasteiger partial charge in [0.1, 0.15) is 6.61 Å². The standard InChI is InChI=1S/C24H42N2O3/c1-5-15-19(26-29-13-12-25-4)9-11-24(3)18-8-10-23(2)17(6-7-21(23)28)16(18)14-20(27)22(15)24/h15-18,20-22,25,27-28H,5-14H2,1-4H3/b26-19+/t15-,16-,17-,18-,20+,21-,22?,23-,24+/m0/s1. The lowest BCUT2D eigenvalue weighted by Crippen LogP contribution is -2.60. The fourth-order valence-corrected chi connectivity index (χ4v) is 8.27. The second-order valence-corrected chi connectivity index (χ2v) is 10.9. The van der Waals surface area contributed by atoms with Crippen molar-refractivity contribution < 1.29 is 15.1 Å². The average molecular weight is 407 g/mol. The van der Waals surface area contributed by atoms with Gasteiger partial charge < -0.3 is 20.4 Å². The van der Waals surface area contributed by atoms with Crippen molar-refractivity contribution in [3.8, 4) is 0 Å². The van der Waals surface area contributed by atoms with Crippen LogP contribution in [0.1, 0.15) is 72.1 Å². The number of rotatable bonds is 5. The van der Waals surface area contributed by atoms with Gasteiger partial charge in [0.15, 0.2) is 0 Å². The van der Waals surface area contributed by atoms with Gasteiger partial charge in [-0.05, 0) is 92.9 Å². The third-order valence-corrected chi connectivity index (χ3v) is 9.77. The molecule has 4 aliphatic rings. The number of fused-ring (bicyclic) bond motifs is 5. The minimum absolute atomic E-state index is 0.0662. The van der Waals surface area contributed by atoms with E-state index in [1.54, 1.807) is 0 Å². The minimum Gasteiger partial charge on any atom is -0.394 e. The molecule has 1 unspecified atom stereocenters. The largest absolute Gasteiger partial charge is 0.394 e. The predicted octanol–water partition coefficient (Wildman–Crippen LogP) is 3.59. The van der Waals surface area contributed by atoms with E-state index in [4.69, 9.17) is 4.84 Å². The Kier molecular flexibility index (Phi) is 6.04. The van der Waals surface area contributed by atoms with Gasteiger partial charge in [-0.3, -0.25) is 0 Å². The first-order valence-electron chi connectivity index (χ1n) is 12.1. The molecule has 5 heteroatoms. The molecule has 4 saturated carbocycles. The Labute approximate surface area is 176 Å². The van der Waals surface area contributed by atoms with Crippen molar-refractivity contribution in [3.63, 3.8) is 0 Å². The Balaban J connectivity index is 1.58. The van der Waals surface area contributed by atoms with Crippen LogP contribution in [0, 0.1) is 40.4 Å². The quantitative estimate of drug-likeness (QED) is 0.482. The van der Waals surface area contributed by atoms with Crippen LogP contribution in [0.25, 0.3) is 0 Å². The molecule has 0 spiro atoms. The zero-order chi connectivity index (χ0) is 20.8. The third kappa shape index (κ3) is 3.36. The lowest BCUT2D eigenvalue weighted by atomic mass is 9.43. The van der Waals surface area contributed by atoms with Crippen LogP contribution in [0.15, 0.2) is 5.16 Å². The van der Waals surface area contributed by atoms with Gasteiger partial charge in [0.05, 0.1) is 17.9 Å².